The Morgan fingerprint density at radius 3 is 2.44 bits per heavy atom. The van der Waals surface area contributed by atoms with Crippen molar-refractivity contribution in [1.82, 2.24) is 14.8 Å². The van der Waals surface area contributed by atoms with Crippen LogP contribution in [0.1, 0.15) is 31.4 Å². The third kappa shape index (κ3) is 3.12. The Bertz CT molecular complexity index is 936. The summed E-state index contributed by atoms with van der Waals surface area (Å²) in [6.45, 7) is 0. The van der Waals surface area contributed by atoms with E-state index in [1.54, 1.807) is 47.2 Å². The van der Waals surface area contributed by atoms with E-state index in [2.05, 4.69) is 5.32 Å². The van der Waals surface area contributed by atoms with Gasteiger partial charge in [0, 0.05) is 23.6 Å². The highest BCUT2D eigenvalue weighted by Crippen LogP contribution is 2.27. The molecule has 1 saturated carbocycles. The Morgan fingerprint density at radius 1 is 1.04 bits per heavy atom. The Labute approximate surface area is 155 Å². The van der Waals surface area contributed by atoms with Crippen molar-refractivity contribution in [2.24, 2.45) is 0 Å². The fourth-order valence-corrected chi connectivity index (χ4v) is 3.67. The summed E-state index contributed by atoms with van der Waals surface area (Å²) in [5.41, 5.74) is 1.34. The number of rotatable bonds is 3. The largest absolute Gasteiger partial charge is 0.508 e. The molecule has 1 aromatic heterocycles. The fourth-order valence-electron chi connectivity index (χ4n) is 3.67. The summed E-state index contributed by atoms with van der Waals surface area (Å²) >= 11 is 0. The predicted molar refractivity (Wildman–Crippen MR) is 98.1 cm³/mol. The number of urea groups is 1. The molecule has 1 aliphatic heterocycles. The topological polar surface area (TPSA) is 91.6 Å². The van der Waals surface area contributed by atoms with Crippen LogP contribution >= 0.6 is 0 Å². The molecule has 0 spiro atoms. The van der Waals surface area contributed by atoms with Crippen LogP contribution in [0.5, 0.6) is 5.75 Å². The lowest BCUT2D eigenvalue weighted by atomic mass is 10.1. The van der Waals surface area contributed by atoms with Crippen LogP contribution in [0.15, 0.2) is 48.2 Å². The van der Waals surface area contributed by atoms with E-state index in [4.69, 9.17) is 0 Å². The Balaban J connectivity index is 1.70. The molecule has 2 fully saturated rings. The van der Waals surface area contributed by atoms with Gasteiger partial charge in [-0.1, -0.05) is 12.8 Å². The van der Waals surface area contributed by atoms with E-state index >= 15 is 0 Å². The predicted octanol–water partition coefficient (Wildman–Crippen LogP) is 2.59. The molecule has 138 valence electrons. The summed E-state index contributed by atoms with van der Waals surface area (Å²) < 4.78 is 1.79. The minimum Gasteiger partial charge on any atom is -0.508 e. The summed E-state index contributed by atoms with van der Waals surface area (Å²) in [4.78, 5) is 38.6. The third-order valence-electron chi connectivity index (χ3n) is 5.02. The van der Waals surface area contributed by atoms with E-state index in [-0.39, 0.29) is 17.4 Å². The number of aromatic nitrogens is 1. The summed E-state index contributed by atoms with van der Waals surface area (Å²) in [6.07, 6.45) is 6.77. The van der Waals surface area contributed by atoms with Crippen LogP contribution in [-0.2, 0) is 9.59 Å². The van der Waals surface area contributed by atoms with E-state index in [9.17, 15) is 19.5 Å². The zero-order valence-electron chi connectivity index (χ0n) is 14.6. The molecule has 0 radical (unpaired) electrons. The lowest BCUT2D eigenvalue weighted by molar-refractivity contribution is -0.131. The number of hydrogen-bond acceptors (Lipinski definition) is 4. The first kappa shape index (κ1) is 17.1. The Kier molecular flexibility index (Phi) is 4.27. The molecule has 0 bridgehead atoms. The number of amides is 4. The summed E-state index contributed by atoms with van der Waals surface area (Å²) in [7, 11) is 0. The van der Waals surface area contributed by atoms with Crippen LogP contribution in [0.2, 0.25) is 0 Å². The molecule has 0 atom stereocenters. The van der Waals surface area contributed by atoms with E-state index in [0.717, 1.165) is 31.4 Å². The molecule has 2 aliphatic rings. The van der Waals surface area contributed by atoms with Crippen LogP contribution in [0, 0.1) is 0 Å². The lowest BCUT2D eigenvalue weighted by Gasteiger charge is -2.31. The third-order valence-corrected chi connectivity index (χ3v) is 5.02. The number of phenolic OH excluding ortho intramolecular Hbond substituents is 1. The van der Waals surface area contributed by atoms with Crippen molar-refractivity contribution in [1.29, 1.82) is 0 Å². The zero-order valence-corrected chi connectivity index (χ0v) is 14.6. The van der Waals surface area contributed by atoms with Crippen LogP contribution in [0.25, 0.3) is 11.8 Å². The average molecular weight is 365 g/mol. The molecule has 2 N–H and O–H groups in total. The number of imide groups is 2. The van der Waals surface area contributed by atoms with E-state index in [1.165, 1.54) is 11.0 Å². The van der Waals surface area contributed by atoms with E-state index < -0.39 is 17.8 Å². The van der Waals surface area contributed by atoms with Gasteiger partial charge in [-0.3, -0.25) is 19.8 Å². The Hall–Kier alpha value is -3.35. The molecule has 7 nitrogen and oxygen atoms in total. The van der Waals surface area contributed by atoms with Crippen molar-refractivity contribution in [2.75, 3.05) is 0 Å². The van der Waals surface area contributed by atoms with Gasteiger partial charge in [-0.15, -0.1) is 0 Å². The molecular formula is C20H19N3O4. The number of benzene rings is 1. The van der Waals surface area contributed by atoms with Crippen molar-refractivity contribution in [3.63, 3.8) is 0 Å². The first-order valence-electron chi connectivity index (χ1n) is 8.92. The highest BCUT2D eigenvalue weighted by Gasteiger charge is 2.40. The molecule has 1 aromatic carbocycles. The van der Waals surface area contributed by atoms with Gasteiger partial charge < -0.3 is 9.67 Å². The highest BCUT2D eigenvalue weighted by atomic mass is 16.3. The molecule has 1 saturated heterocycles. The first-order valence-corrected chi connectivity index (χ1v) is 8.92. The van der Waals surface area contributed by atoms with E-state index in [1.807, 2.05) is 0 Å². The van der Waals surface area contributed by atoms with Crippen LogP contribution < -0.4 is 5.32 Å². The standard InChI is InChI=1S/C20H19N3O4/c24-16-9-7-13(8-10-16)22-11-3-6-15(22)12-17-18(25)21-20(27)23(19(17)26)14-4-1-2-5-14/h3,6-12,14,24H,1-2,4-5H2,(H,21,25,27)/b17-12+. The van der Waals surface area contributed by atoms with Gasteiger partial charge in [0.15, 0.2) is 0 Å². The van der Waals surface area contributed by atoms with Gasteiger partial charge in [0.25, 0.3) is 11.8 Å². The van der Waals surface area contributed by atoms with E-state index in [0.29, 0.717) is 5.69 Å². The number of hydrogen-bond donors (Lipinski definition) is 2. The zero-order chi connectivity index (χ0) is 19.0. The second kappa shape index (κ2) is 6.75. The minimum atomic E-state index is -0.683. The number of barbiturate groups is 1. The van der Waals surface area contributed by atoms with Gasteiger partial charge >= 0.3 is 6.03 Å². The molecule has 4 amide bonds. The monoisotopic (exact) mass is 365 g/mol. The SMILES string of the molecule is O=C1NC(=O)N(C2CCCC2)C(=O)/C1=C/c1cccn1-c1ccc(O)cc1. The fraction of sp³-hybridized carbons (Fsp3) is 0.250. The van der Waals surface area contributed by atoms with Crippen LogP contribution in [0.3, 0.4) is 0 Å². The van der Waals surface area contributed by atoms with Crippen molar-refractivity contribution < 1.29 is 19.5 Å². The molecule has 4 rings (SSSR count). The minimum absolute atomic E-state index is 0.0553. The number of carbonyl (C=O) groups is 3. The highest BCUT2D eigenvalue weighted by molar-refractivity contribution is 6.31. The van der Waals surface area contributed by atoms with Gasteiger partial charge in [-0.2, -0.15) is 0 Å². The maximum atomic E-state index is 12.9. The van der Waals surface area contributed by atoms with Gasteiger partial charge in [-0.25, -0.2) is 4.79 Å². The normalized spacial score (nSPS) is 19.8. The lowest BCUT2D eigenvalue weighted by Crippen LogP contribution is -2.57. The van der Waals surface area contributed by atoms with Crippen LogP contribution in [-0.4, -0.2) is 38.5 Å². The second-order valence-electron chi connectivity index (χ2n) is 6.75. The smallest absolute Gasteiger partial charge is 0.331 e. The van der Waals surface area contributed by atoms with Crippen molar-refractivity contribution in [3.05, 3.63) is 53.9 Å². The Morgan fingerprint density at radius 2 is 1.74 bits per heavy atom. The molecule has 2 heterocycles. The van der Waals surface area contributed by atoms with Gasteiger partial charge in [0.2, 0.25) is 0 Å². The molecule has 27 heavy (non-hydrogen) atoms. The molecular weight excluding hydrogens is 346 g/mol. The van der Waals surface area contributed by atoms with Crippen molar-refractivity contribution in [2.45, 2.75) is 31.7 Å². The van der Waals surface area contributed by atoms with Gasteiger partial charge in [0.1, 0.15) is 11.3 Å². The van der Waals surface area contributed by atoms with Gasteiger partial charge in [0.05, 0.1) is 0 Å². The maximum absolute atomic E-state index is 12.9. The molecule has 1 aliphatic carbocycles. The second-order valence-corrected chi connectivity index (χ2v) is 6.75. The summed E-state index contributed by atoms with van der Waals surface area (Å²) in [5, 5.41) is 11.7. The maximum Gasteiger partial charge on any atom is 0.331 e. The summed E-state index contributed by atoms with van der Waals surface area (Å²) in [5.74, 6) is -1.08. The number of phenols is 1. The molecule has 2 aromatic rings. The number of nitrogens with one attached hydrogen (secondary N) is 1. The number of carbonyl (C=O) groups excluding carboxylic acids is 3. The summed E-state index contributed by atoms with van der Waals surface area (Å²) in [6, 6.07) is 9.36. The van der Waals surface area contributed by atoms with Gasteiger partial charge in [-0.05, 0) is 55.3 Å². The van der Waals surface area contributed by atoms with Crippen LogP contribution in [0.4, 0.5) is 4.79 Å². The van der Waals surface area contributed by atoms with Crippen molar-refractivity contribution >= 4 is 23.9 Å². The number of aromatic hydroxyl groups is 1. The molecule has 0 unspecified atom stereocenters. The van der Waals surface area contributed by atoms with Crippen molar-refractivity contribution in [3.8, 4) is 11.4 Å². The average Bonchev–Trinajstić information content (AvgIpc) is 3.31. The quantitative estimate of drug-likeness (QED) is 0.646. The first-order chi connectivity index (χ1) is 13.0. The molecule has 7 heteroatoms. The number of nitrogens with zero attached hydrogens (tertiary/aromatic N) is 2.